The van der Waals surface area contributed by atoms with Crippen molar-refractivity contribution in [2.75, 3.05) is 0 Å². The van der Waals surface area contributed by atoms with E-state index < -0.39 is 8.07 Å². The molecule has 0 radical (unpaired) electrons. The first-order valence-corrected chi connectivity index (χ1v) is 21.5. The minimum absolute atomic E-state index is 0.134. The SMILES string of the molecule is CC(C)(C)c1ccc([Si](c2ccccc2)(c2ccccc2)c2cccc3c2Oc2ccccc2C3(C)C)cc1-c1cccc2c1Oc1ccccc1C2(C)C. The van der Waals surface area contributed by atoms with E-state index in [0.717, 1.165) is 28.6 Å². The average Bonchev–Trinajstić information content (AvgIpc) is 3.19. The highest BCUT2D eigenvalue weighted by Crippen LogP contribution is 2.52. The monoisotopic (exact) mass is 732 g/mol. The van der Waals surface area contributed by atoms with Crippen molar-refractivity contribution in [1.29, 1.82) is 0 Å². The third-order valence-corrected chi connectivity index (χ3v) is 17.1. The molecule has 0 N–H and O–H groups in total. The molecule has 0 unspecified atom stereocenters. The quantitative estimate of drug-likeness (QED) is 0.130. The van der Waals surface area contributed by atoms with Gasteiger partial charge in [-0.1, -0.05) is 200 Å². The Balaban J connectivity index is 1.38. The van der Waals surface area contributed by atoms with Crippen LogP contribution in [0.1, 0.15) is 76.3 Å². The lowest BCUT2D eigenvalue weighted by molar-refractivity contribution is 0.419. The van der Waals surface area contributed by atoms with Crippen LogP contribution in [0.15, 0.2) is 164 Å². The first-order chi connectivity index (χ1) is 26.4. The molecule has 2 nitrogen and oxygen atoms in total. The molecule has 2 aliphatic heterocycles. The second kappa shape index (κ2) is 12.7. The van der Waals surface area contributed by atoms with E-state index in [4.69, 9.17) is 9.47 Å². The minimum atomic E-state index is -3.10. The molecule has 0 fully saturated rings. The molecule has 272 valence electrons. The highest BCUT2D eigenvalue weighted by Gasteiger charge is 2.47. The van der Waals surface area contributed by atoms with Gasteiger partial charge in [0.15, 0.2) is 8.07 Å². The van der Waals surface area contributed by atoms with Crippen molar-refractivity contribution in [1.82, 2.24) is 0 Å². The molecule has 7 aromatic rings. The van der Waals surface area contributed by atoms with Gasteiger partial charge in [-0.2, -0.15) is 0 Å². The molecule has 55 heavy (non-hydrogen) atoms. The van der Waals surface area contributed by atoms with Crippen molar-refractivity contribution in [3.05, 3.63) is 192 Å². The van der Waals surface area contributed by atoms with Crippen LogP contribution in [-0.4, -0.2) is 8.07 Å². The van der Waals surface area contributed by atoms with E-state index in [-0.39, 0.29) is 16.2 Å². The summed E-state index contributed by atoms with van der Waals surface area (Å²) in [5, 5.41) is 5.17. The highest BCUT2D eigenvalue weighted by molar-refractivity contribution is 7.20. The number of hydrogen-bond acceptors (Lipinski definition) is 2. The fourth-order valence-electron chi connectivity index (χ4n) is 9.44. The number of hydrogen-bond donors (Lipinski definition) is 0. The van der Waals surface area contributed by atoms with Gasteiger partial charge < -0.3 is 9.47 Å². The van der Waals surface area contributed by atoms with Gasteiger partial charge in [0.25, 0.3) is 0 Å². The maximum Gasteiger partial charge on any atom is 0.184 e. The predicted molar refractivity (Wildman–Crippen MR) is 231 cm³/mol. The normalized spacial score (nSPS) is 15.0. The number of benzene rings is 7. The van der Waals surface area contributed by atoms with E-state index in [2.05, 4.69) is 212 Å². The molecule has 0 saturated carbocycles. The third-order valence-electron chi connectivity index (χ3n) is 12.3. The second-order valence-corrected chi connectivity index (χ2v) is 21.1. The number of rotatable bonds is 5. The summed E-state index contributed by atoms with van der Waals surface area (Å²) in [5.41, 5.74) is 7.84. The molecule has 0 spiro atoms. The lowest BCUT2D eigenvalue weighted by atomic mass is 9.74. The smallest absolute Gasteiger partial charge is 0.184 e. The summed E-state index contributed by atoms with van der Waals surface area (Å²) in [6.07, 6.45) is 0. The van der Waals surface area contributed by atoms with E-state index in [1.54, 1.807) is 0 Å². The van der Waals surface area contributed by atoms with Gasteiger partial charge in [0.05, 0.1) is 0 Å². The Morgan fingerprint density at radius 2 is 0.891 bits per heavy atom. The van der Waals surface area contributed by atoms with Crippen LogP contribution in [0.25, 0.3) is 11.1 Å². The van der Waals surface area contributed by atoms with Crippen LogP contribution in [0.5, 0.6) is 23.0 Å². The maximum atomic E-state index is 7.15. The molecule has 0 aliphatic carbocycles. The van der Waals surface area contributed by atoms with Gasteiger partial charge in [-0.25, -0.2) is 0 Å². The van der Waals surface area contributed by atoms with E-state index in [0.29, 0.717) is 0 Å². The number of fused-ring (bicyclic) bond motifs is 4. The van der Waals surface area contributed by atoms with Gasteiger partial charge in [0.2, 0.25) is 0 Å². The molecule has 0 bridgehead atoms. The maximum absolute atomic E-state index is 7.15. The Labute approximate surface area is 327 Å². The van der Waals surface area contributed by atoms with Crippen LogP contribution >= 0.6 is 0 Å². The Hall–Kier alpha value is -5.64. The van der Waals surface area contributed by atoms with Crippen LogP contribution < -0.4 is 30.2 Å². The predicted octanol–water partition coefficient (Wildman–Crippen LogP) is 10.9. The third kappa shape index (κ3) is 5.35. The van der Waals surface area contributed by atoms with Crippen LogP contribution in [-0.2, 0) is 16.2 Å². The summed E-state index contributed by atoms with van der Waals surface area (Å²) in [5.74, 6) is 3.77. The van der Waals surface area contributed by atoms with Gasteiger partial charge in [-0.15, -0.1) is 0 Å². The minimum Gasteiger partial charge on any atom is -0.457 e. The van der Waals surface area contributed by atoms with Gasteiger partial charge in [0, 0.05) is 38.6 Å². The van der Waals surface area contributed by atoms with E-state index >= 15 is 0 Å². The molecule has 0 aromatic heterocycles. The van der Waals surface area contributed by atoms with Crippen molar-refractivity contribution < 1.29 is 9.47 Å². The Morgan fingerprint density at radius 1 is 0.418 bits per heavy atom. The standard InChI is InChI=1S/C52H48O2Si/c1-50(2,3)40-33-32-37(34-39(40)38-24-18-27-43-48(38)53-45-29-16-14-25-41(45)51(43,4)5)55(35-20-10-8-11-21-35,36-22-12-9-13-23-36)47-31-19-28-44-49(47)54-46-30-17-15-26-42(46)52(44,6)7/h8-34H,1-7H3. The van der Waals surface area contributed by atoms with E-state index in [1.165, 1.54) is 54.1 Å². The first-order valence-electron chi connectivity index (χ1n) is 19.5. The summed E-state index contributed by atoms with van der Waals surface area (Å²) in [6.45, 7) is 16.3. The molecule has 9 rings (SSSR count). The van der Waals surface area contributed by atoms with Crippen LogP contribution in [0, 0.1) is 0 Å². The van der Waals surface area contributed by atoms with Crippen LogP contribution in [0.2, 0.25) is 0 Å². The summed E-state index contributed by atoms with van der Waals surface area (Å²) < 4.78 is 14.1. The topological polar surface area (TPSA) is 18.5 Å². The number of ether oxygens (including phenoxy) is 2. The fourth-order valence-corrected chi connectivity index (χ4v) is 14.3. The fraction of sp³-hybridized carbons (Fsp3) is 0.192. The van der Waals surface area contributed by atoms with Crippen LogP contribution in [0.3, 0.4) is 0 Å². The molecule has 2 aliphatic rings. The molecule has 7 aromatic carbocycles. The van der Waals surface area contributed by atoms with Gasteiger partial charge in [-0.3, -0.25) is 0 Å². The van der Waals surface area contributed by atoms with E-state index in [9.17, 15) is 0 Å². The van der Waals surface area contributed by atoms with Crippen molar-refractivity contribution in [2.45, 2.75) is 64.7 Å². The molecule has 0 atom stereocenters. The number of para-hydroxylation sites is 4. The molecular formula is C52H48O2Si. The Kier molecular flexibility index (Phi) is 8.11. The van der Waals surface area contributed by atoms with Crippen molar-refractivity contribution in [3.8, 4) is 34.1 Å². The summed E-state index contributed by atoms with van der Waals surface area (Å²) in [7, 11) is -3.10. The van der Waals surface area contributed by atoms with Crippen LogP contribution in [0.4, 0.5) is 0 Å². The zero-order valence-electron chi connectivity index (χ0n) is 32.9. The summed E-state index contributed by atoms with van der Waals surface area (Å²) in [4.78, 5) is 0. The lowest BCUT2D eigenvalue weighted by Gasteiger charge is -2.41. The van der Waals surface area contributed by atoms with E-state index in [1.807, 2.05) is 0 Å². The van der Waals surface area contributed by atoms with Gasteiger partial charge >= 0.3 is 0 Å². The molecule has 0 amide bonds. The lowest BCUT2D eigenvalue weighted by Crippen LogP contribution is -2.75. The Bertz CT molecular complexity index is 2540. The average molecular weight is 733 g/mol. The molecule has 3 heteroatoms. The zero-order chi connectivity index (χ0) is 38.2. The Morgan fingerprint density at radius 3 is 1.45 bits per heavy atom. The summed E-state index contributed by atoms with van der Waals surface area (Å²) in [6, 6.07) is 60.4. The largest absolute Gasteiger partial charge is 0.457 e. The first kappa shape index (κ1) is 35.1. The molecule has 2 heterocycles. The van der Waals surface area contributed by atoms with Crippen molar-refractivity contribution >= 4 is 28.8 Å². The zero-order valence-corrected chi connectivity index (χ0v) is 33.9. The molecular weight excluding hydrogens is 685 g/mol. The van der Waals surface area contributed by atoms with Crippen molar-refractivity contribution in [3.63, 3.8) is 0 Å². The van der Waals surface area contributed by atoms with Crippen molar-refractivity contribution in [2.24, 2.45) is 0 Å². The van der Waals surface area contributed by atoms with Gasteiger partial charge in [0.1, 0.15) is 23.0 Å². The van der Waals surface area contributed by atoms with Gasteiger partial charge in [-0.05, 0) is 49.4 Å². The second-order valence-electron chi connectivity index (χ2n) is 17.3. The summed E-state index contributed by atoms with van der Waals surface area (Å²) >= 11 is 0. The highest BCUT2D eigenvalue weighted by atomic mass is 28.3. The molecule has 0 saturated heterocycles.